The fourth-order valence-electron chi connectivity index (χ4n) is 3.75. The Hall–Kier alpha value is -2.25. The normalized spacial score (nSPS) is 23.0. The maximum Gasteiger partial charge on any atom is 0.257 e. The van der Waals surface area contributed by atoms with Gasteiger partial charge in [0.2, 0.25) is 0 Å². The van der Waals surface area contributed by atoms with E-state index >= 15 is 0 Å². The lowest BCUT2D eigenvalue weighted by molar-refractivity contribution is -0.0461. The van der Waals surface area contributed by atoms with Gasteiger partial charge in [-0.15, -0.1) is 0 Å². The van der Waals surface area contributed by atoms with Crippen molar-refractivity contribution in [2.24, 2.45) is 0 Å². The minimum absolute atomic E-state index is 0.0114. The van der Waals surface area contributed by atoms with Gasteiger partial charge in [0.15, 0.2) is 0 Å². The van der Waals surface area contributed by atoms with E-state index in [4.69, 9.17) is 9.26 Å². The summed E-state index contributed by atoms with van der Waals surface area (Å²) in [4.78, 5) is 15.1. The van der Waals surface area contributed by atoms with Crippen LogP contribution in [-0.4, -0.2) is 54.4 Å². The maximum atomic E-state index is 13.1. The molecule has 0 aliphatic carbocycles. The van der Waals surface area contributed by atoms with Crippen LogP contribution in [0.15, 0.2) is 28.8 Å². The highest BCUT2D eigenvalue weighted by Gasteiger charge is 2.32. The standard InChI is InChI=1S/C19H22FN3O3/c1-12-17(18(22-26-12)13-4-6-14(20)7-5-13)19(24)21-9-16-10-23-8-2-3-15(23)11-25-16/h4-7,15-16H,2-3,8-11H2,1H3,(H,21,24). The zero-order chi connectivity index (χ0) is 18.1. The second kappa shape index (κ2) is 7.17. The molecular formula is C19H22FN3O3. The van der Waals surface area contributed by atoms with Crippen molar-refractivity contribution in [3.05, 3.63) is 41.4 Å². The summed E-state index contributed by atoms with van der Waals surface area (Å²) in [6, 6.07) is 6.38. The van der Waals surface area contributed by atoms with Gasteiger partial charge in [0, 0.05) is 24.7 Å². The zero-order valence-electron chi connectivity index (χ0n) is 14.7. The third kappa shape index (κ3) is 3.37. The van der Waals surface area contributed by atoms with E-state index in [1.165, 1.54) is 25.0 Å². The molecule has 26 heavy (non-hydrogen) atoms. The number of amides is 1. The van der Waals surface area contributed by atoms with Crippen LogP contribution in [0.25, 0.3) is 11.3 Å². The van der Waals surface area contributed by atoms with Gasteiger partial charge in [-0.1, -0.05) is 5.16 Å². The summed E-state index contributed by atoms with van der Waals surface area (Å²) in [6.45, 7) is 4.82. The molecule has 2 aliphatic rings. The smallest absolute Gasteiger partial charge is 0.257 e. The Morgan fingerprint density at radius 3 is 3.00 bits per heavy atom. The number of nitrogens with zero attached hydrogens (tertiary/aromatic N) is 2. The number of hydrogen-bond donors (Lipinski definition) is 1. The molecule has 2 aliphatic heterocycles. The predicted octanol–water partition coefficient (Wildman–Crippen LogP) is 2.38. The first kappa shape index (κ1) is 17.2. The number of nitrogens with one attached hydrogen (secondary N) is 1. The van der Waals surface area contributed by atoms with Crippen molar-refractivity contribution in [3.8, 4) is 11.3 Å². The van der Waals surface area contributed by atoms with Crippen LogP contribution in [0.5, 0.6) is 0 Å². The molecule has 2 aromatic rings. The lowest BCUT2D eigenvalue weighted by atomic mass is 10.1. The van der Waals surface area contributed by atoms with Crippen molar-refractivity contribution in [1.82, 2.24) is 15.4 Å². The third-order valence-electron chi connectivity index (χ3n) is 5.16. The largest absolute Gasteiger partial charge is 0.373 e. The molecule has 2 atom stereocenters. The number of aryl methyl sites for hydroxylation is 1. The fraction of sp³-hybridized carbons (Fsp3) is 0.474. The molecule has 1 N–H and O–H groups in total. The second-order valence-corrected chi connectivity index (χ2v) is 6.93. The average Bonchev–Trinajstić information content (AvgIpc) is 3.26. The van der Waals surface area contributed by atoms with E-state index in [0.717, 1.165) is 19.7 Å². The molecule has 2 saturated heterocycles. The Morgan fingerprint density at radius 2 is 2.19 bits per heavy atom. The molecule has 1 aromatic carbocycles. The van der Waals surface area contributed by atoms with Crippen LogP contribution >= 0.6 is 0 Å². The van der Waals surface area contributed by atoms with Crippen LogP contribution < -0.4 is 5.32 Å². The Balaban J connectivity index is 1.43. The molecule has 2 fully saturated rings. The number of morpholine rings is 1. The van der Waals surface area contributed by atoms with Gasteiger partial charge in [-0.2, -0.15) is 0 Å². The molecule has 138 valence electrons. The van der Waals surface area contributed by atoms with Crippen molar-refractivity contribution in [1.29, 1.82) is 0 Å². The van der Waals surface area contributed by atoms with Gasteiger partial charge in [-0.25, -0.2) is 4.39 Å². The number of hydrogen-bond acceptors (Lipinski definition) is 5. The van der Waals surface area contributed by atoms with Gasteiger partial charge < -0.3 is 14.6 Å². The average molecular weight is 359 g/mol. The number of halogens is 1. The van der Waals surface area contributed by atoms with Gasteiger partial charge in [-0.3, -0.25) is 9.69 Å². The Bertz CT molecular complexity index is 790. The summed E-state index contributed by atoms with van der Waals surface area (Å²) in [5.41, 5.74) is 1.44. The quantitative estimate of drug-likeness (QED) is 0.908. The molecule has 6 nitrogen and oxygen atoms in total. The second-order valence-electron chi connectivity index (χ2n) is 6.93. The summed E-state index contributed by atoms with van der Waals surface area (Å²) < 4.78 is 24.2. The third-order valence-corrected chi connectivity index (χ3v) is 5.16. The summed E-state index contributed by atoms with van der Waals surface area (Å²) >= 11 is 0. The number of fused-ring (bicyclic) bond motifs is 1. The Morgan fingerprint density at radius 1 is 1.38 bits per heavy atom. The number of rotatable bonds is 4. The molecule has 2 unspecified atom stereocenters. The van der Waals surface area contributed by atoms with Gasteiger partial charge in [0.1, 0.15) is 22.8 Å². The van der Waals surface area contributed by atoms with E-state index in [2.05, 4.69) is 15.4 Å². The van der Waals surface area contributed by atoms with Crippen LogP contribution in [-0.2, 0) is 4.74 Å². The highest BCUT2D eigenvalue weighted by molar-refractivity contribution is 6.00. The van der Waals surface area contributed by atoms with Crippen LogP contribution in [0.1, 0.15) is 29.0 Å². The van der Waals surface area contributed by atoms with Crippen LogP contribution in [0.4, 0.5) is 4.39 Å². The molecule has 1 aromatic heterocycles. The fourth-order valence-corrected chi connectivity index (χ4v) is 3.75. The summed E-state index contributed by atoms with van der Waals surface area (Å²) in [6.07, 6.45) is 2.40. The zero-order valence-corrected chi connectivity index (χ0v) is 14.7. The summed E-state index contributed by atoms with van der Waals surface area (Å²) in [5.74, 6) is -0.157. The van der Waals surface area contributed by atoms with E-state index in [1.54, 1.807) is 19.1 Å². The Kier molecular flexibility index (Phi) is 4.74. The van der Waals surface area contributed by atoms with Gasteiger partial charge in [-0.05, 0) is 50.6 Å². The lowest BCUT2D eigenvalue weighted by Gasteiger charge is -2.35. The number of carbonyl (C=O) groups is 1. The number of carbonyl (C=O) groups excluding carboxylic acids is 1. The van der Waals surface area contributed by atoms with Crippen molar-refractivity contribution in [2.75, 3.05) is 26.2 Å². The topological polar surface area (TPSA) is 67.6 Å². The minimum Gasteiger partial charge on any atom is -0.373 e. The molecule has 0 radical (unpaired) electrons. The molecule has 0 spiro atoms. The molecule has 7 heteroatoms. The maximum absolute atomic E-state index is 13.1. The lowest BCUT2D eigenvalue weighted by Crippen LogP contribution is -2.50. The van der Waals surface area contributed by atoms with E-state index in [9.17, 15) is 9.18 Å². The van der Waals surface area contributed by atoms with Gasteiger partial charge in [0.05, 0.1) is 12.7 Å². The van der Waals surface area contributed by atoms with E-state index < -0.39 is 0 Å². The van der Waals surface area contributed by atoms with Gasteiger partial charge >= 0.3 is 0 Å². The molecule has 1 amide bonds. The van der Waals surface area contributed by atoms with Crippen LogP contribution in [0.3, 0.4) is 0 Å². The van der Waals surface area contributed by atoms with E-state index in [1.807, 2.05) is 0 Å². The van der Waals surface area contributed by atoms with Crippen LogP contribution in [0, 0.1) is 12.7 Å². The first-order chi connectivity index (χ1) is 12.6. The molecular weight excluding hydrogens is 337 g/mol. The Labute approximate surface area is 151 Å². The predicted molar refractivity (Wildman–Crippen MR) is 93.3 cm³/mol. The highest BCUT2D eigenvalue weighted by Crippen LogP contribution is 2.26. The van der Waals surface area contributed by atoms with Crippen LogP contribution in [0.2, 0.25) is 0 Å². The number of ether oxygens (including phenoxy) is 1. The molecule has 0 bridgehead atoms. The van der Waals surface area contributed by atoms with Crippen molar-refractivity contribution in [3.63, 3.8) is 0 Å². The number of benzene rings is 1. The van der Waals surface area contributed by atoms with E-state index in [0.29, 0.717) is 35.2 Å². The summed E-state index contributed by atoms with van der Waals surface area (Å²) in [7, 11) is 0. The van der Waals surface area contributed by atoms with Crippen molar-refractivity contribution >= 4 is 5.91 Å². The molecule has 4 rings (SSSR count). The van der Waals surface area contributed by atoms with Crippen molar-refractivity contribution in [2.45, 2.75) is 31.9 Å². The van der Waals surface area contributed by atoms with Gasteiger partial charge in [0.25, 0.3) is 5.91 Å². The molecule has 0 saturated carbocycles. The SMILES string of the molecule is Cc1onc(-c2ccc(F)cc2)c1C(=O)NCC1CN2CCCC2CO1. The number of aromatic nitrogens is 1. The summed E-state index contributed by atoms with van der Waals surface area (Å²) in [5, 5.41) is 6.91. The minimum atomic E-state index is -0.338. The van der Waals surface area contributed by atoms with Crippen molar-refractivity contribution < 1.29 is 18.4 Å². The highest BCUT2D eigenvalue weighted by atomic mass is 19.1. The first-order valence-electron chi connectivity index (χ1n) is 8.98. The first-order valence-corrected chi connectivity index (χ1v) is 8.98. The molecule has 3 heterocycles. The van der Waals surface area contributed by atoms with E-state index in [-0.39, 0.29) is 17.8 Å². The monoisotopic (exact) mass is 359 g/mol.